The van der Waals surface area contributed by atoms with Crippen LogP contribution in [0.1, 0.15) is 54.4 Å². The van der Waals surface area contributed by atoms with Crippen LogP contribution < -0.4 is 0 Å². The van der Waals surface area contributed by atoms with Crippen LogP contribution in [0.4, 0.5) is 0 Å². The molecule has 0 aliphatic heterocycles. The summed E-state index contributed by atoms with van der Waals surface area (Å²) in [5.41, 5.74) is 0. The summed E-state index contributed by atoms with van der Waals surface area (Å²) < 4.78 is 0. The van der Waals surface area contributed by atoms with Gasteiger partial charge in [0.2, 0.25) is 0 Å². The maximum absolute atomic E-state index is 9.84. The summed E-state index contributed by atoms with van der Waals surface area (Å²) in [4.78, 5) is 0. The third kappa shape index (κ3) is 2.80. The highest BCUT2D eigenvalue weighted by Gasteiger charge is 2.41. The fourth-order valence-electron chi connectivity index (χ4n) is 3.60. The topological polar surface area (TPSA) is 20.2 Å². The van der Waals surface area contributed by atoms with E-state index in [0.29, 0.717) is 5.92 Å². The molecule has 16 heavy (non-hydrogen) atoms. The van der Waals surface area contributed by atoms with Gasteiger partial charge in [0.25, 0.3) is 0 Å². The van der Waals surface area contributed by atoms with Gasteiger partial charge in [0, 0.05) is 0 Å². The van der Waals surface area contributed by atoms with Crippen molar-refractivity contribution in [2.75, 3.05) is 0 Å². The standard InChI is InChI=1S/C15H30O/c1-9(2)11(4)14-8-7-10(3)15(14)12(5)13(6)16/h9-16H,7-8H2,1-6H3/t10?,11?,12-,13?,14?,15+/m0/s1. The molecule has 1 rings (SSSR count). The second-order valence-electron chi connectivity index (χ2n) is 6.50. The number of hydrogen-bond donors (Lipinski definition) is 1. The van der Waals surface area contributed by atoms with Crippen molar-refractivity contribution in [2.24, 2.45) is 35.5 Å². The van der Waals surface area contributed by atoms with Crippen molar-refractivity contribution in [1.82, 2.24) is 0 Å². The van der Waals surface area contributed by atoms with Crippen LogP contribution in [0.15, 0.2) is 0 Å². The van der Waals surface area contributed by atoms with E-state index < -0.39 is 0 Å². The van der Waals surface area contributed by atoms with Crippen molar-refractivity contribution in [1.29, 1.82) is 0 Å². The second-order valence-corrected chi connectivity index (χ2v) is 6.50. The number of aliphatic hydroxyl groups excluding tert-OH is 1. The summed E-state index contributed by atoms with van der Waals surface area (Å²) >= 11 is 0. The minimum atomic E-state index is -0.160. The fraction of sp³-hybridized carbons (Fsp3) is 1.00. The lowest BCUT2D eigenvalue weighted by Crippen LogP contribution is -2.33. The first-order chi connectivity index (χ1) is 7.36. The predicted octanol–water partition coefficient (Wildman–Crippen LogP) is 3.96. The van der Waals surface area contributed by atoms with E-state index in [4.69, 9.17) is 0 Å². The van der Waals surface area contributed by atoms with Gasteiger partial charge in [0.1, 0.15) is 0 Å². The molecule has 0 saturated heterocycles. The van der Waals surface area contributed by atoms with Crippen molar-refractivity contribution in [3.05, 3.63) is 0 Å². The Kier molecular flexibility index (Phi) is 4.85. The molecule has 0 bridgehead atoms. The van der Waals surface area contributed by atoms with Crippen LogP contribution in [0.5, 0.6) is 0 Å². The van der Waals surface area contributed by atoms with Crippen LogP contribution in [0.25, 0.3) is 0 Å². The van der Waals surface area contributed by atoms with Crippen LogP contribution >= 0.6 is 0 Å². The average molecular weight is 226 g/mol. The van der Waals surface area contributed by atoms with E-state index in [2.05, 4.69) is 34.6 Å². The van der Waals surface area contributed by atoms with Gasteiger partial charge in [0.05, 0.1) is 6.10 Å². The first-order valence-corrected chi connectivity index (χ1v) is 7.04. The van der Waals surface area contributed by atoms with Crippen LogP contribution in [0.2, 0.25) is 0 Å². The molecule has 96 valence electrons. The van der Waals surface area contributed by atoms with Gasteiger partial charge in [-0.2, -0.15) is 0 Å². The highest BCUT2D eigenvalue weighted by atomic mass is 16.3. The predicted molar refractivity (Wildman–Crippen MR) is 70.2 cm³/mol. The lowest BCUT2D eigenvalue weighted by Gasteiger charge is -2.35. The van der Waals surface area contributed by atoms with Gasteiger partial charge in [-0.25, -0.2) is 0 Å². The molecule has 1 saturated carbocycles. The van der Waals surface area contributed by atoms with Crippen molar-refractivity contribution < 1.29 is 5.11 Å². The third-order valence-electron chi connectivity index (χ3n) is 5.20. The van der Waals surface area contributed by atoms with Crippen LogP contribution in [-0.4, -0.2) is 11.2 Å². The summed E-state index contributed by atoms with van der Waals surface area (Å²) in [6.45, 7) is 13.6. The molecular formula is C15H30O. The lowest BCUT2D eigenvalue weighted by atomic mass is 9.71. The van der Waals surface area contributed by atoms with Gasteiger partial charge >= 0.3 is 0 Å². The van der Waals surface area contributed by atoms with E-state index in [1.54, 1.807) is 0 Å². The zero-order valence-corrected chi connectivity index (χ0v) is 11.9. The highest BCUT2D eigenvalue weighted by molar-refractivity contribution is 4.90. The number of aliphatic hydroxyl groups is 1. The molecule has 4 unspecified atom stereocenters. The van der Waals surface area contributed by atoms with Crippen molar-refractivity contribution in [2.45, 2.75) is 60.5 Å². The first kappa shape index (κ1) is 14.0. The van der Waals surface area contributed by atoms with E-state index in [1.165, 1.54) is 12.8 Å². The molecule has 0 aromatic carbocycles. The minimum Gasteiger partial charge on any atom is -0.393 e. The fourth-order valence-corrected chi connectivity index (χ4v) is 3.60. The quantitative estimate of drug-likeness (QED) is 0.769. The summed E-state index contributed by atoms with van der Waals surface area (Å²) in [6, 6.07) is 0. The Bertz CT molecular complexity index is 209. The molecule has 1 nitrogen and oxygen atoms in total. The van der Waals surface area contributed by atoms with Gasteiger partial charge in [0.15, 0.2) is 0 Å². The zero-order chi connectivity index (χ0) is 12.5. The Labute approximate surface area is 102 Å². The maximum atomic E-state index is 9.84. The van der Waals surface area contributed by atoms with Crippen LogP contribution in [0, 0.1) is 35.5 Å². The minimum absolute atomic E-state index is 0.160. The summed E-state index contributed by atoms with van der Waals surface area (Å²) in [5, 5.41) is 9.84. The second kappa shape index (κ2) is 5.53. The highest BCUT2D eigenvalue weighted by Crippen LogP contribution is 2.47. The lowest BCUT2D eigenvalue weighted by molar-refractivity contribution is 0.0503. The molecule has 6 atom stereocenters. The Morgan fingerprint density at radius 2 is 1.50 bits per heavy atom. The van der Waals surface area contributed by atoms with E-state index in [0.717, 1.165) is 29.6 Å². The molecule has 0 aromatic rings. The Morgan fingerprint density at radius 3 is 1.94 bits per heavy atom. The van der Waals surface area contributed by atoms with Crippen LogP contribution in [-0.2, 0) is 0 Å². The molecule has 0 heterocycles. The molecule has 1 fully saturated rings. The summed E-state index contributed by atoms with van der Waals surface area (Å²) in [7, 11) is 0. The van der Waals surface area contributed by atoms with Gasteiger partial charge in [-0.1, -0.05) is 41.0 Å². The van der Waals surface area contributed by atoms with E-state index in [9.17, 15) is 5.11 Å². The molecule has 1 aliphatic carbocycles. The third-order valence-corrected chi connectivity index (χ3v) is 5.20. The molecule has 0 aromatic heterocycles. The molecule has 1 heteroatoms. The van der Waals surface area contributed by atoms with Crippen molar-refractivity contribution >= 4 is 0 Å². The van der Waals surface area contributed by atoms with Gasteiger partial charge in [-0.3, -0.25) is 0 Å². The number of rotatable bonds is 4. The van der Waals surface area contributed by atoms with E-state index in [1.807, 2.05) is 6.92 Å². The molecule has 0 spiro atoms. The smallest absolute Gasteiger partial charge is 0.0540 e. The van der Waals surface area contributed by atoms with Gasteiger partial charge in [-0.15, -0.1) is 0 Å². The maximum Gasteiger partial charge on any atom is 0.0540 e. The summed E-state index contributed by atoms with van der Waals surface area (Å²) in [5.74, 6) is 4.33. The van der Waals surface area contributed by atoms with Gasteiger partial charge in [-0.05, 0) is 48.9 Å². The normalized spacial score (nSPS) is 36.4. The molecule has 1 N–H and O–H groups in total. The Morgan fingerprint density at radius 1 is 0.938 bits per heavy atom. The first-order valence-electron chi connectivity index (χ1n) is 7.04. The average Bonchev–Trinajstić information content (AvgIpc) is 2.57. The van der Waals surface area contributed by atoms with Gasteiger partial charge < -0.3 is 5.11 Å². The molecule has 0 radical (unpaired) electrons. The zero-order valence-electron chi connectivity index (χ0n) is 11.9. The Balaban J connectivity index is 2.77. The molecule has 0 amide bonds. The SMILES string of the molecule is CC(C)C(C)C1CCC(C)[C@@H]1[C@@H](C)C(C)O. The van der Waals surface area contributed by atoms with E-state index >= 15 is 0 Å². The van der Waals surface area contributed by atoms with Crippen molar-refractivity contribution in [3.8, 4) is 0 Å². The van der Waals surface area contributed by atoms with E-state index in [-0.39, 0.29) is 6.10 Å². The number of hydrogen-bond acceptors (Lipinski definition) is 1. The summed E-state index contributed by atoms with van der Waals surface area (Å²) in [6.07, 6.45) is 2.55. The Hall–Kier alpha value is -0.0400. The molecule has 1 aliphatic rings. The van der Waals surface area contributed by atoms with Crippen molar-refractivity contribution in [3.63, 3.8) is 0 Å². The van der Waals surface area contributed by atoms with Crippen LogP contribution in [0.3, 0.4) is 0 Å². The largest absolute Gasteiger partial charge is 0.393 e. The molecular weight excluding hydrogens is 196 g/mol. The monoisotopic (exact) mass is 226 g/mol.